The van der Waals surface area contributed by atoms with Crippen molar-refractivity contribution < 1.29 is 9.59 Å². The molecule has 0 aliphatic carbocycles. The third-order valence-electron chi connectivity index (χ3n) is 4.71. The van der Waals surface area contributed by atoms with Crippen molar-refractivity contribution >= 4 is 40.1 Å². The molecule has 0 saturated carbocycles. The summed E-state index contributed by atoms with van der Waals surface area (Å²) in [7, 11) is 0. The fraction of sp³-hybridized carbons (Fsp3) is 0.0417. The number of anilines is 1. The number of carbonyl (C=O) groups excluding carboxylic acids is 2. The number of nitrogens with one attached hydrogen (secondary N) is 3. The third-order valence-corrected chi connectivity index (χ3v) is 5.04. The average Bonchev–Trinajstić information content (AvgIpc) is 2.78. The van der Waals surface area contributed by atoms with Gasteiger partial charge in [-0.15, -0.1) is 0 Å². The highest BCUT2D eigenvalue weighted by atomic mass is 35.5. The van der Waals surface area contributed by atoms with E-state index < -0.39 is 11.9 Å². The van der Waals surface area contributed by atoms with Gasteiger partial charge in [-0.1, -0.05) is 65.7 Å². The fourth-order valence-electron chi connectivity index (χ4n) is 3.15. The Hall–Kier alpha value is -3.90. The second-order valence-electron chi connectivity index (χ2n) is 6.95. The van der Waals surface area contributed by atoms with Crippen LogP contribution in [-0.4, -0.2) is 16.9 Å². The van der Waals surface area contributed by atoms with Gasteiger partial charge in [-0.05, 0) is 37.3 Å². The number of urea groups is 1. The number of carbonyl (C=O) groups is 2. The number of hydrogen-bond acceptors (Lipinski definition) is 3. The molecule has 4 aromatic rings. The molecule has 0 aliphatic heterocycles. The van der Waals surface area contributed by atoms with E-state index in [0.29, 0.717) is 38.4 Å². The maximum atomic E-state index is 12.9. The molecule has 0 aliphatic rings. The molecular formula is C24H19ClN4O2. The van der Waals surface area contributed by atoms with Crippen LogP contribution in [0.5, 0.6) is 0 Å². The topological polar surface area (TPSA) is 83.1 Å². The molecule has 154 valence electrons. The number of pyridine rings is 1. The summed E-state index contributed by atoms with van der Waals surface area (Å²) >= 11 is 6.33. The molecule has 0 atom stereocenters. The summed E-state index contributed by atoms with van der Waals surface area (Å²) in [6.45, 7) is 1.96. The summed E-state index contributed by atoms with van der Waals surface area (Å²) in [5.41, 5.74) is 8.84. The molecular weight excluding hydrogens is 412 g/mol. The molecule has 0 unspecified atom stereocenters. The predicted molar refractivity (Wildman–Crippen MR) is 123 cm³/mol. The van der Waals surface area contributed by atoms with Crippen LogP contribution in [-0.2, 0) is 0 Å². The van der Waals surface area contributed by atoms with Crippen molar-refractivity contribution in [2.75, 3.05) is 5.32 Å². The van der Waals surface area contributed by atoms with E-state index in [-0.39, 0.29) is 0 Å². The smallest absolute Gasteiger partial charge is 0.307 e. The van der Waals surface area contributed by atoms with Crippen LogP contribution in [0.2, 0.25) is 5.02 Å². The van der Waals surface area contributed by atoms with E-state index in [1.165, 1.54) is 0 Å². The van der Waals surface area contributed by atoms with E-state index in [0.717, 1.165) is 5.56 Å². The first kappa shape index (κ1) is 20.4. The number of hydrazine groups is 1. The SMILES string of the molecule is Cc1ccc(NC(=O)NNC(=O)c2cc(-c3ccccc3Cl)nc3ccccc23)cc1. The number of aryl methyl sites for hydroxylation is 1. The molecule has 6 nitrogen and oxygen atoms in total. The first-order valence-corrected chi connectivity index (χ1v) is 9.98. The van der Waals surface area contributed by atoms with E-state index in [4.69, 9.17) is 11.6 Å². The Morgan fingerprint density at radius 1 is 0.871 bits per heavy atom. The van der Waals surface area contributed by atoms with Gasteiger partial charge >= 0.3 is 6.03 Å². The van der Waals surface area contributed by atoms with E-state index >= 15 is 0 Å². The number of aromatic nitrogens is 1. The lowest BCUT2D eigenvalue weighted by Gasteiger charge is -2.12. The van der Waals surface area contributed by atoms with E-state index in [1.54, 1.807) is 30.3 Å². The first-order valence-electron chi connectivity index (χ1n) is 9.60. The maximum Gasteiger partial charge on any atom is 0.337 e. The Morgan fingerprint density at radius 2 is 1.58 bits per heavy atom. The summed E-state index contributed by atoms with van der Waals surface area (Å²) in [6, 6.07) is 23.0. The largest absolute Gasteiger partial charge is 0.337 e. The van der Waals surface area contributed by atoms with Gasteiger partial charge in [-0.3, -0.25) is 10.2 Å². The van der Waals surface area contributed by atoms with Crippen molar-refractivity contribution in [3.63, 3.8) is 0 Å². The molecule has 3 aromatic carbocycles. The summed E-state index contributed by atoms with van der Waals surface area (Å²) < 4.78 is 0. The summed E-state index contributed by atoms with van der Waals surface area (Å²) in [5, 5.41) is 3.86. The van der Waals surface area contributed by atoms with Gasteiger partial charge in [0.25, 0.3) is 5.91 Å². The number of halogens is 1. The number of nitrogens with zero attached hydrogens (tertiary/aromatic N) is 1. The molecule has 3 amide bonds. The van der Waals surface area contributed by atoms with Crippen LogP contribution >= 0.6 is 11.6 Å². The molecule has 3 N–H and O–H groups in total. The Bertz CT molecular complexity index is 1270. The zero-order chi connectivity index (χ0) is 21.8. The molecule has 0 radical (unpaired) electrons. The number of rotatable bonds is 3. The molecule has 7 heteroatoms. The van der Waals surface area contributed by atoms with Crippen molar-refractivity contribution in [1.82, 2.24) is 15.8 Å². The van der Waals surface area contributed by atoms with E-state index in [9.17, 15) is 9.59 Å². The van der Waals surface area contributed by atoms with Crippen LogP contribution in [0.4, 0.5) is 10.5 Å². The highest BCUT2D eigenvalue weighted by Crippen LogP contribution is 2.29. The predicted octanol–water partition coefficient (Wildman–Crippen LogP) is 5.33. The highest BCUT2D eigenvalue weighted by Gasteiger charge is 2.15. The average molecular weight is 431 g/mol. The van der Waals surface area contributed by atoms with Gasteiger partial charge in [-0.2, -0.15) is 0 Å². The van der Waals surface area contributed by atoms with Gasteiger partial charge in [0.2, 0.25) is 0 Å². The lowest BCUT2D eigenvalue weighted by Crippen LogP contribution is -2.44. The minimum absolute atomic E-state index is 0.371. The van der Waals surface area contributed by atoms with Crippen LogP contribution in [0.3, 0.4) is 0 Å². The molecule has 4 rings (SSSR count). The molecule has 31 heavy (non-hydrogen) atoms. The minimum atomic E-state index is -0.554. The van der Waals surface area contributed by atoms with Crippen molar-refractivity contribution in [2.24, 2.45) is 0 Å². The number of fused-ring (bicyclic) bond motifs is 1. The van der Waals surface area contributed by atoms with Crippen molar-refractivity contribution in [1.29, 1.82) is 0 Å². The fourth-order valence-corrected chi connectivity index (χ4v) is 3.38. The minimum Gasteiger partial charge on any atom is -0.307 e. The van der Waals surface area contributed by atoms with E-state index in [1.807, 2.05) is 55.5 Å². The summed E-state index contributed by atoms with van der Waals surface area (Å²) in [5.74, 6) is -0.467. The highest BCUT2D eigenvalue weighted by molar-refractivity contribution is 6.33. The summed E-state index contributed by atoms with van der Waals surface area (Å²) in [4.78, 5) is 29.7. The standard InChI is InChI=1S/C24H19ClN4O2/c1-15-10-12-16(13-11-15)26-24(31)29-28-23(30)19-14-22(18-7-2-4-8-20(18)25)27-21-9-5-3-6-17(19)21/h2-14H,1H3,(H,28,30)(H2,26,29,31). The first-order chi connectivity index (χ1) is 15.0. The zero-order valence-electron chi connectivity index (χ0n) is 16.6. The number of hydrogen-bond donors (Lipinski definition) is 3. The monoisotopic (exact) mass is 430 g/mol. The number of benzene rings is 3. The number of amides is 3. The Morgan fingerprint density at radius 3 is 2.35 bits per heavy atom. The van der Waals surface area contributed by atoms with Gasteiger partial charge in [0, 0.05) is 21.7 Å². The van der Waals surface area contributed by atoms with Crippen LogP contribution in [0, 0.1) is 6.92 Å². The molecule has 0 spiro atoms. The second-order valence-corrected chi connectivity index (χ2v) is 7.36. The van der Waals surface area contributed by atoms with Gasteiger partial charge in [0.05, 0.1) is 16.8 Å². The summed E-state index contributed by atoms with van der Waals surface area (Å²) in [6.07, 6.45) is 0. The Labute approximate surface area is 184 Å². The molecule has 1 heterocycles. The van der Waals surface area contributed by atoms with E-state index in [2.05, 4.69) is 21.2 Å². The molecule has 0 fully saturated rings. The lowest BCUT2D eigenvalue weighted by atomic mass is 10.0. The number of para-hydroxylation sites is 1. The van der Waals surface area contributed by atoms with Gasteiger partial charge in [0.15, 0.2) is 0 Å². The second kappa shape index (κ2) is 8.85. The Kier molecular flexibility index (Phi) is 5.82. The quantitative estimate of drug-likeness (QED) is 0.384. The zero-order valence-corrected chi connectivity index (χ0v) is 17.4. The van der Waals surface area contributed by atoms with Crippen LogP contribution < -0.4 is 16.2 Å². The van der Waals surface area contributed by atoms with Crippen LogP contribution in [0.25, 0.3) is 22.2 Å². The normalized spacial score (nSPS) is 10.5. The van der Waals surface area contributed by atoms with Gasteiger partial charge < -0.3 is 5.32 Å². The molecule has 0 bridgehead atoms. The van der Waals surface area contributed by atoms with Gasteiger partial charge in [-0.25, -0.2) is 15.2 Å². The maximum absolute atomic E-state index is 12.9. The Balaban J connectivity index is 1.57. The van der Waals surface area contributed by atoms with Crippen molar-refractivity contribution in [3.8, 4) is 11.3 Å². The third kappa shape index (κ3) is 4.65. The van der Waals surface area contributed by atoms with Crippen LogP contribution in [0.15, 0.2) is 78.9 Å². The molecule has 1 aromatic heterocycles. The lowest BCUT2D eigenvalue weighted by molar-refractivity contribution is 0.0939. The van der Waals surface area contributed by atoms with Crippen LogP contribution in [0.1, 0.15) is 15.9 Å². The molecule has 0 saturated heterocycles. The van der Waals surface area contributed by atoms with Gasteiger partial charge in [0.1, 0.15) is 0 Å². The van der Waals surface area contributed by atoms with Crippen molar-refractivity contribution in [2.45, 2.75) is 6.92 Å². The van der Waals surface area contributed by atoms with Crippen molar-refractivity contribution in [3.05, 3.63) is 95.0 Å².